The fourth-order valence-corrected chi connectivity index (χ4v) is 6.42. The summed E-state index contributed by atoms with van der Waals surface area (Å²) in [7, 11) is 0. The molecule has 2 saturated carbocycles. The Balaban J connectivity index is 1.34. The summed E-state index contributed by atoms with van der Waals surface area (Å²) in [6, 6.07) is 14.1. The van der Waals surface area contributed by atoms with E-state index >= 15 is 0 Å². The molecule has 1 heterocycles. The molecule has 0 aromatic heterocycles. The Hall–Kier alpha value is -3.21. The summed E-state index contributed by atoms with van der Waals surface area (Å²) in [6.45, 7) is 3.86. The summed E-state index contributed by atoms with van der Waals surface area (Å²) in [5, 5.41) is 0. The molecule has 4 aliphatic carbocycles. The molecule has 0 N–H and O–H groups in total. The van der Waals surface area contributed by atoms with Crippen molar-refractivity contribution in [3.8, 4) is 5.75 Å². The van der Waals surface area contributed by atoms with E-state index in [4.69, 9.17) is 4.74 Å². The lowest BCUT2D eigenvalue weighted by atomic mass is 9.63. The molecule has 0 radical (unpaired) electrons. The van der Waals surface area contributed by atoms with Crippen LogP contribution in [-0.4, -0.2) is 28.7 Å². The fraction of sp³-hybridized carbons (Fsp3) is 0.393. The van der Waals surface area contributed by atoms with Gasteiger partial charge in [-0.25, -0.2) is 4.79 Å². The van der Waals surface area contributed by atoms with Crippen molar-refractivity contribution < 1.29 is 19.1 Å². The largest absolute Gasteiger partial charge is 0.425 e. The third-order valence-corrected chi connectivity index (χ3v) is 8.32. The highest BCUT2D eigenvalue weighted by Crippen LogP contribution is 2.65. The van der Waals surface area contributed by atoms with Crippen molar-refractivity contribution in [1.82, 2.24) is 4.90 Å². The second-order valence-corrected chi connectivity index (χ2v) is 10.0. The molecule has 5 heteroatoms. The van der Waals surface area contributed by atoms with Crippen molar-refractivity contribution in [1.29, 1.82) is 0 Å². The Labute approximate surface area is 193 Å². The first-order valence-corrected chi connectivity index (χ1v) is 11.8. The van der Waals surface area contributed by atoms with Crippen LogP contribution in [-0.2, 0) is 20.8 Å². The molecule has 33 heavy (non-hydrogen) atoms. The lowest BCUT2D eigenvalue weighted by Gasteiger charge is -2.37. The number of esters is 1. The van der Waals surface area contributed by atoms with E-state index in [1.165, 1.54) is 4.90 Å². The van der Waals surface area contributed by atoms with Gasteiger partial charge in [0.1, 0.15) is 11.8 Å². The molecule has 7 atom stereocenters. The van der Waals surface area contributed by atoms with Gasteiger partial charge in [0.2, 0.25) is 11.8 Å². The number of carbonyl (C=O) groups excluding carboxylic acids is 3. The molecule has 1 saturated heterocycles. The number of likely N-dealkylation sites (tertiary alicyclic amines) is 1. The van der Waals surface area contributed by atoms with Gasteiger partial charge in [-0.1, -0.05) is 54.6 Å². The maximum Gasteiger partial charge on any atom is 0.335 e. The van der Waals surface area contributed by atoms with Gasteiger partial charge in [-0.2, -0.15) is 0 Å². The summed E-state index contributed by atoms with van der Waals surface area (Å²) in [6.07, 6.45) is 5.65. The molecular formula is C28H27NO4. The number of allylic oxidation sites excluding steroid dienone is 2. The highest BCUT2D eigenvalue weighted by Gasteiger charge is 2.68. The number of imide groups is 1. The van der Waals surface area contributed by atoms with Gasteiger partial charge in [-0.3, -0.25) is 14.5 Å². The van der Waals surface area contributed by atoms with Gasteiger partial charge in [-0.15, -0.1) is 0 Å². The van der Waals surface area contributed by atoms with Crippen molar-refractivity contribution >= 4 is 17.8 Å². The fourth-order valence-electron chi connectivity index (χ4n) is 6.42. The molecule has 2 bridgehead atoms. The number of ether oxygens (including phenoxy) is 1. The van der Waals surface area contributed by atoms with Crippen LogP contribution < -0.4 is 4.74 Å². The Kier molecular flexibility index (Phi) is 4.58. The molecule has 2 aromatic carbocycles. The number of hydrogen-bond donors (Lipinski definition) is 0. The zero-order chi connectivity index (χ0) is 22.9. The Morgan fingerprint density at radius 3 is 2.21 bits per heavy atom. The van der Waals surface area contributed by atoms with Crippen molar-refractivity contribution in [2.75, 3.05) is 0 Å². The first-order valence-electron chi connectivity index (χ1n) is 11.8. The minimum atomic E-state index is -0.978. The molecule has 3 fully saturated rings. The van der Waals surface area contributed by atoms with Crippen LogP contribution in [0.15, 0.2) is 60.7 Å². The molecule has 2 aromatic rings. The number of nitrogens with zero attached hydrogens (tertiary/aromatic N) is 1. The first kappa shape index (κ1) is 20.4. The van der Waals surface area contributed by atoms with E-state index in [0.717, 1.165) is 23.1 Å². The molecule has 7 rings (SSSR count). The van der Waals surface area contributed by atoms with Crippen molar-refractivity contribution in [2.45, 2.75) is 32.7 Å². The van der Waals surface area contributed by atoms with Gasteiger partial charge < -0.3 is 4.74 Å². The quantitative estimate of drug-likeness (QED) is 0.306. The zero-order valence-corrected chi connectivity index (χ0v) is 18.8. The van der Waals surface area contributed by atoms with E-state index < -0.39 is 12.0 Å². The second kappa shape index (κ2) is 7.41. The summed E-state index contributed by atoms with van der Waals surface area (Å²) in [5.41, 5.74) is 2.78. The van der Waals surface area contributed by atoms with Gasteiger partial charge in [0.05, 0.1) is 11.8 Å². The molecular weight excluding hydrogens is 414 g/mol. The molecule has 5 aliphatic rings. The van der Waals surface area contributed by atoms with E-state index in [1.54, 1.807) is 6.07 Å². The Morgan fingerprint density at radius 1 is 0.939 bits per heavy atom. The van der Waals surface area contributed by atoms with Crippen LogP contribution in [0.5, 0.6) is 5.75 Å². The van der Waals surface area contributed by atoms with E-state index in [0.29, 0.717) is 17.6 Å². The van der Waals surface area contributed by atoms with Crippen molar-refractivity contribution in [2.24, 2.45) is 35.5 Å². The minimum Gasteiger partial charge on any atom is -0.425 e. The number of amides is 2. The van der Waals surface area contributed by atoms with Crippen LogP contribution in [0.2, 0.25) is 0 Å². The zero-order valence-electron chi connectivity index (χ0n) is 18.8. The topological polar surface area (TPSA) is 63.7 Å². The van der Waals surface area contributed by atoms with Crippen molar-refractivity contribution in [3.05, 3.63) is 77.4 Å². The average Bonchev–Trinajstić information content (AvgIpc) is 3.60. The van der Waals surface area contributed by atoms with Gasteiger partial charge in [0, 0.05) is 6.42 Å². The Morgan fingerprint density at radius 2 is 1.58 bits per heavy atom. The standard InChI is InChI=1S/C28H27NO4/c1-15-7-6-10-23(16(15)2)33-28(32)22(13-17-8-4-3-5-9-17)29-26(30)24-18-11-12-19(21-14-20(18)21)25(24)27(29)31/h3-12,18-22,24-25H,13-14H2,1-2H3/t18-,19-,20-,21-,22-,24+,25+/m0/s1. The highest BCUT2D eigenvalue weighted by molar-refractivity contribution is 6.09. The third-order valence-electron chi connectivity index (χ3n) is 8.32. The average molecular weight is 442 g/mol. The lowest BCUT2D eigenvalue weighted by Crippen LogP contribution is -2.48. The Bertz CT molecular complexity index is 1150. The number of carbonyl (C=O) groups is 3. The molecule has 0 unspecified atom stereocenters. The maximum absolute atomic E-state index is 13.7. The highest BCUT2D eigenvalue weighted by atomic mass is 16.5. The maximum atomic E-state index is 13.7. The smallest absolute Gasteiger partial charge is 0.335 e. The number of rotatable bonds is 5. The summed E-state index contributed by atoms with van der Waals surface area (Å²) in [4.78, 5) is 42.1. The van der Waals surface area contributed by atoms with E-state index in [9.17, 15) is 14.4 Å². The predicted molar refractivity (Wildman–Crippen MR) is 122 cm³/mol. The predicted octanol–water partition coefficient (Wildman–Crippen LogP) is 3.87. The van der Waals surface area contributed by atoms with Crippen LogP contribution in [0.25, 0.3) is 0 Å². The molecule has 0 spiro atoms. The minimum absolute atomic E-state index is 0.124. The van der Waals surface area contributed by atoms with E-state index in [1.807, 2.05) is 56.3 Å². The van der Waals surface area contributed by atoms with Gasteiger partial charge in [0.25, 0.3) is 0 Å². The summed E-state index contributed by atoms with van der Waals surface area (Å²) in [5.74, 6) is 0.140. The monoisotopic (exact) mass is 441 g/mol. The van der Waals surface area contributed by atoms with Crippen LogP contribution in [0.3, 0.4) is 0 Å². The molecule has 5 nitrogen and oxygen atoms in total. The van der Waals surface area contributed by atoms with Crippen LogP contribution in [0.4, 0.5) is 0 Å². The number of benzene rings is 2. The first-order chi connectivity index (χ1) is 16.0. The van der Waals surface area contributed by atoms with Gasteiger partial charge in [-0.05, 0) is 66.7 Å². The van der Waals surface area contributed by atoms with Crippen LogP contribution >= 0.6 is 0 Å². The van der Waals surface area contributed by atoms with Crippen molar-refractivity contribution in [3.63, 3.8) is 0 Å². The molecule has 1 aliphatic heterocycles. The number of hydrogen-bond acceptors (Lipinski definition) is 4. The van der Waals surface area contributed by atoms with E-state index in [-0.39, 0.29) is 41.9 Å². The summed E-state index contributed by atoms with van der Waals surface area (Å²) < 4.78 is 5.82. The van der Waals surface area contributed by atoms with Gasteiger partial charge in [0.15, 0.2) is 0 Å². The van der Waals surface area contributed by atoms with Gasteiger partial charge >= 0.3 is 5.97 Å². The molecule has 168 valence electrons. The lowest BCUT2D eigenvalue weighted by molar-refractivity contribution is -0.153. The SMILES string of the molecule is Cc1cccc(OC(=O)[C@H](Cc2ccccc2)N2C(=O)[C@@H]3[C@H]4C=C[C@@H]([C@@H]5C[C@@H]45)[C@H]3C2=O)c1C. The second-order valence-electron chi connectivity index (χ2n) is 10.0. The van der Waals surface area contributed by atoms with Crippen LogP contribution in [0.1, 0.15) is 23.1 Å². The van der Waals surface area contributed by atoms with Crippen LogP contribution in [0, 0.1) is 49.4 Å². The number of aryl methyl sites for hydroxylation is 1. The normalized spacial score (nSPS) is 31.9. The summed E-state index contributed by atoms with van der Waals surface area (Å²) >= 11 is 0. The van der Waals surface area contributed by atoms with E-state index in [2.05, 4.69) is 12.2 Å². The third kappa shape index (κ3) is 3.09. The molecule has 2 amide bonds.